The summed E-state index contributed by atoms with van der Waals surface area (Å²) in [5, 5.41) is 5.01. The molecule has 3 rings (SSSR count). The predicted molar refractivity (Wildman–Crippen MR) is 138 cm³/mol. The molecule has 0 aliphatic carbocycles. The van der Waals surface area contributed by atoms with Gasteiger partial charge < -0.3 is 24.8 Å². The topological polar surface area (TPSA) is 120 Å². The molecular formula is C29H30N2O7. The highest BCUT2D eigenvalue weighted by atomic mass is 16.6. The van der Waals surface area contributed by atoms with Gasteiger partial charge in [-0.15, -0.1) is 0 Å². The summed E-state index contributed by atoms with van der Waals surface area (Å²) in [4.78, 5) is 50.8. The molecule has 0 heterocycles. The monoisotopic (exact) mass is 518 g/mol. The second-order valence-corrected chi connectivity index (χ2v) is 8.36. The van der Waals surface area contributed by atoms with Gasteiger partial charge in [-0.3, -0.25) is 9.59 Å². The summed E-state index contributed by atoms with van der Waals surface area (Å²) in [6, 6.07) is 26.0. The molecule has 0 bridgehead atoms. The summed E-state index contributed by atoms with van der Waals surface area (Å²) in [6.07, 6.45) is -0.659. The van der Waals surface area contributed by atoms with E-state index in [2.05, 4.69) is 10.6 Å². The van der Waals surface area contributed by atoms with Crippen LogP contribution in [0.2, 0.25) is 0 Å². The third-order valence-corrected chi connectivity index (χ3v) is 5.57. The van der Waals surface area contributed by atoms with Gasteiger partial charge >= 0.3 is 18.0 Å². The third-order valence-electron chi connectivity index (χ3n) is 5.57. The zero-order valence-electron chi connectivity index (χ0n) is 21.0. The minimum Gasteiger partial charge on any atom is -0.467 e. The molecule has 2 N–H and O–H groups in total. The molecule has 0 radical (unpaired) electrons. The minimum atomic E-state index is -1.44. The number of carbonyl (C=O) groups is 4. The van der Waals surface area contributed by atoms with Gasteiger partial charge in [0.2, 0.25) is 5.91 Å². The Morgan fingerprint density at radius 1 is 0.684 bits per heavy atom. The molecule has 3 aromatic carbocycles. The normalized spacial score (nSPS) is 11.9. The number of methoxy groups -OCH3 is 1. The van der Waals surface area contributed by atoms with Crippen molar-refractivity contribution in [3.8, 4) is 0 Å². The highest BCUT2D eigenvalue weighted by Crippen LogP contribution is 2.09. The van der Waals surface area contributed by atoms with Gasteiger partial charge in [0, 0.05) is 13.0 Å². The summed E-state index contributed by atoms with van der Waals surface area (Å²) < 4.78 is 15.4. The van der Waals surface area contributed by atoms with Crippen LogP contribution in [0.1, 0.15) is 16.7 Å². The lowest BCUT2D eigenvalue weighted by molar-refractivity contribution is -0.155. The summed E-state index contributed by atoms with van der Waals surface area (Å²) in [5.41, 5.74) is 2.29. The number of amides is 2. The Kier molecular flexibility index (Phi) is 10.9. The molecule has 0 aliphatic rings. The van der Waals surface area contributed by atoms with Crippen molar-refractivity contribution in [3.05, 3.63) is 108 Å². The third kappa shape index (κ3) is 9.09. The number of esters is 2. The average molecular weight is 519 g/mol. The fourth-order valence-electron chi connectivity index (χ4n) is 3.53. The molecule has 2 unspecified atom stereocenters. The van der Waals surface area contributed by atoms with Crippen LogP contribution in [0.25, 0.3) is 0 Å². The van der Waals surface area contributed by atoms with Crippen molar-refractivity contribution in [2.75, 3.05) is 13.7 Å². The second kappa shape index (κ2) is 14.8. The van der Waals surface area contributed by atoms with E-state index in [-0.39, 0.29) is 19.6 Å². The van der Waals surface area contributed by atoms with Crippen molar-refractivity contribution >= 4 is 23.9 Å². The summed E-state index contributed by atoms with van der Waals surface area (Å²) in [5.74, 6) is -3.77. The minimum absolute atomic E-state index is 0.0173. The maximum atomic E-state index is 13.2. The van der Waals surface area contributed by atoms with Gasteiger partial charge in [0.15, 0.2) is 5.92 Å². The van der Waals surface area contributed by atoms with Gasteiger partial charge in [0.1, 0.15) is 19.3 Å². The Labute approximate surface area is 221 Å². The largest absolute Gasteiger partial charge is 0.467 e. The van der Waals surface area contributed by atoms with E-state index >= 15 is 0 Å². The highest BCUT2D eigenvalue weighted by molar-refractivity contribution is 6.00. The van der Waals surface area contributed by atoms with Crippen LogP contribution in [-0.4, -0.2) is 43.6 Å². The van der Waals surface area contributed by atoms with Crippen molar-refractivity contribution in [2.45, 2.75) is 25.7 Å². The number of alkyl carbamates (subject to hydrolysis) is 1. The van der Waals surface area contributed by atoms with Crippen LogP contribution in [0.5, 0.6) is 0 Å². The Balaban J connectivity index is 1.67. The smallest absolute Gasteiger partial charge is 0.407 e. The fraction of sp³-hybridized carbons (Fsp3) is 0.241. The molecule has 2 atom stereocenters. The second-order valence-electron chi connectivity index (χ2n) is 8.36. The molecule has 198 valence electrons. The molecule has 0 aliphatic heterocycles. The first kappa shape index (κ1) is 27.9. The van der Waals surface area contributed by atoms with Crippen LogP contribution in [0.3, 0.4) is 0 Å². The molecule has 9 nitrogen and oxygen atoms in total. The Morgan fingerprint density at radius 2 is 1.18 bits per heavy atom. The lowest BCUT2D eigenvalue weighted by atomic mass is 10.0. The lowest BCUT2D eigenvalue weighted by Crippen LogP contribution is -2.50. The lowest BCUT2D eigenvalue weighted by Gasteiger charge is -2.21. The molecule has 3 aromatic rings. The standard InChI is InChI=1S/C29H30N2O7/c1-36-28(34)25(17-21-11-5-2-6-12-21)31-26(32)24(27(33)37-19-22-13-7-3-8-14-22)18-30-29(35)38-20-23-15-9-4-10-16-23/h2-16,24-25H,17-20H2,1H3,(H,30,35)(H,31,32). The maximum absolute atomic E-state index is 13.2. The van der Waals surface area contributed by atoms with Crippen LogP contribution in [0.4, 0.5) is 4.79 Å². The first-order valence-electron chi connectivity index (χ1n) is 12.0. The van der Waals surface area contributed by atoms with Gasteiger partial charge in [-0.2, -0.15) is 0 Å². The zero-order valence-corrected chi connectivity index (χ0v) is 21.0. The van der Waals surface area contributed by atoms with Crippen molar-refractivity contribution < 1.29 is 33.4 Å². The number of ether oxygens (including phenoxy) is 3. The van der Waals surface area contributed by atoms with Gasteiger partial charge in [-0.1, -0.05) is 91.0 Å². The van der Waals surface area contributed by atoms with Crippen molar-refractivity contribution in [1.29, 1.82) is 0 Å². The Bertz CT molecular complexity index is 1190. The SMILES string of the molecule is COC(=O)C(Cc1ccccc1)NC(=O)C(CNC(=O)OCc1ccccc1)C(=O)OCc1ccccc1. The van der Waals surface area contributed by atoms with E-state index in [1.54, 1.807) is 60.7 Å². The van der Waals surface area contributed by atoms with Crippen LogP contribution in [0, 0.1) is 5.92 Å². The van der Waals surface area contributed by atoms with E-state index < -0.39 is 42.4 Å². The molecule has 0 fully saturated rings. The first-order valence-corrected chi connectivity index (χ1v) is 12.0. The van der Waals surface area contributed by atoms with E-state index in [1.165, 1.54) is 7.11 Å². The van der Waals surface area contributed by atoms with Gasteiger partial charge in [0.25, 0.3) is 0 Å². The van der Waals surface area contributed by atoms with Gasteiger partial charge in [-0.25, -0.2) is 9.59 Å². The highest BCUT2D eigenvalue weighted by Gasteiger charge is 2.33. The van der Waals surface area contributed by atoms with E-state index in [0.717, 1.165) is 16.7 Å². The van der Waals surface area contributed by atoms with E-state index in [0.29, 0.717) is 0 Å². The number of rotatable bonds is 12. The van der Waals surface area contributed by atoms with Crippen molar-refractivity contribution in [3.63, 3.8) is 0 Å². The number of nitrogens with one attached hydrogen (secondary N) is 2. The molecular weight excluding hydrogens is 488 g/mol. The number of hydrogen-bond acceptors (Lipinski definition) is 7. The number of carbonyl (C=O) groups excluding carboxylic acids is 4. The molecule has 0 spiro atoms. The molecule has 0 saturated heterocycles. The summed E-state index contributed by atoms with van der Waals surface area (Å²) >= 11 is 0. The molecule has 0 aromatic heterocycles. The van der Waals surface area contributed by atoms with Crippen LogP contribution >= 0.6 is 0 Å². The zero-order chi connectivity index (χ0) is 27.2. The molecule has 0 saturated carbocycles. The van der Waals surface area contributed by atoms with Gasteiger partial charge in [-0.05, 0) is 16.7 Å². The van der Waals surface area contributed by atoms with E-state index in [1.807, 2.05) is 30.3 Å². The Hall–Kier alpha value is -4.66. The average Bonchev–Trinajstić information content (AvgIpc) is 2.96. The predicted octanol–water partition coefficient (Wildman–Crippen LogP) is 3.17. The van der Waals surface area contributed by atoms with Crippen LogP contribution < -0.4 is 10.6 Å². The van der Waals surface area contributed by atoms with E-state index in [9.17, 15) is 19.2 Å². The molecule has 2 amide bonds. The molecule has 38 heavy (non-hydrogen) atoms. The fourth-order valence-corrected chi connectivity index (χ4v) is 3.53. The van der Waals surface area contributed by atoms with E-state index in [4.69, 9.17) is 14.2 Å². The Morgan fingerprint density at radius 3 is 1.71 bits per heavy atom. The molecule has 9 heteroatoms. The first-order chi connectivity index (χ1) is 18.5. The summed E-state index contributed by atoms with van der Waals surface area (Å²) in [6.45, 7) is -0.442. The van der Waals surface area contributed by atoms with Crippen LogP contribution in [-0.2, 0) is 48.2 Å². The number of hydrogen-bond donors (Lipinski definition) is 2. The van der Waals surface area contributed by atoms with Crippen molar-refractivity contribution in [1.82, 2.24) is 10.6 Å². The van der Waals surface area contributed by atoms with Crippen molar-refractivity contribution in [2.24, 2.45) is 5.92 Å². The van der Waals surface area contributed by atoms with Gasteiger partial charge in [0.05, 0.1) is 7.11 Å². The summed E-state index contributed by atoms with van der Waals surface area (Å²) in [7, 11) is 1.21. The maximum Gasteiger partial charge on any atom is 0.407 e. The quantitative estimate of drug-likeness (QED) is 0.215. The number of benzene rings is 3. The van der Waals surface area contributed by atoms with Crippen LogP contribution in [0.15, 0.2) is 91.0 Å².